The number of carbonyl (C=O) groups is 3. The molecule has 9 nitrogen and oxygen atoms in total. The fourth-order valence-electron chi connectivity index (χ4n) is 2.81. The minimum Gasteiger partial charge on any atom is -0.346 e. The summed E-state index contributed by atoms with van der Waals surface area (Å²) in [6.07, 6.45) is 4.70. The van der Waals surface area contributed by atoms with Gasteiger partial charge in [0.05, 0.1) is 12.2 Å². The van der Waals surface area contributed by atoms with Gasteiger partial charge in [0.15, 0.2) is 5.78 Å². The van der Waals surface area contributed by atoms with Gasteiger partial charge in [0.2, 0.25) is 0 Å². The van der Waals surface area contributed by atoms with Gasteiger partial charge in [0.1, 0.15) is 5.82 Å². The third-order valence-electron chi connectivity index (χ3n) is 4.53. The maximum atomic E-state index is 12.3. The van der Waals surface area contributed by atoms with Crippen molar-refractivity contribution in [1.29, 1.82) is 0 Å². The summed E-state index contributed by atoms with van der Waals surface area (Å²) in [5.41, 5.74) is 2.33. The van der Waals surface area contributed by atoms with Gasteiger partial charge in [-0.15, -0.1) is 0 Å². The van der Waals surface area contributed by atoms with E-state index in [-0.39, 0.29) is 18.9 Å². The Bertz CT molecular complexity index is 1150. The van der Waals surface area contributed by atoms with Crippen LogP contribution in [0.1, 0.15) is 21.7 Å². The number of amides is 2. The topological polar surface area (TPSA) is 130 Å². The van der Waals surface area contributed by atoms with E-state index in [1.807, 2.05) is 25.1 Å². The van der Waals surface area contributed by atoms with E-state index in [0.717, 1.165) is 5.69 Å². The van der Waals surface area contributed by atoms with Gasteiger partial charge in [-0.05, 0) is 67.6 Å². The molecule has 0 radical (unpaired) electrons. The molecule has 9 heteroatoms. The molecule has 0 saturated carbocycles. The maximum absolute atomic E-state index is 12.3. The Hall–Kier alpha value is -4.37. The Kier molecular flexibility index (Phi) is 7.98. The van der Waals surface area contributed by atoms with E-state index in [1.54, 1.807) is 54.7 Å². The van der Waals surface area contributed by atoms with Crippen LogP contribution in [0.5, 0.6) is 0 Å². The van der Waals surface area contributed by atoms with Crippen molar-refractivity contribution < 1.29 is 14.4 Å². The number of anilines is 2. The number of nitrogens with zero attached hydrogens (tertiary/aromatic N) is 3. The number of hydrazine groups is 1. The first-order chi connectivity index (χ1) is 15.9. The third kappa shape index (κ3) is 7.08. The lowest BCUT2D eigenvalue weighted by molar-refractivity contribution is -0.136. The molecular formula is C24H24N6O3. The van der Waals surface area contributed by atoms with E-state index >= 15 is 0 Å². The van der Waals surface area contributed by atoms with Crippen LogP contribution in [0.3, 0.4) is 0 Å². The second-order valence-electron chi connectivity index (χ2n) is 7.07. The van der Waals surface area contributed by atoms with Crippen molar-refractivity contribution in [2.24, 2.45) is 5.84 Å². The molecule has 33 heavy (non-hydrogen) atoms. The number of nitrogens with one attached hydrogen (secondary N) is 2. The van der Waals surface area contributed by atoms with Gasteiger partial charge < -0.3 is 10.6 Å². The zero-order valence-electron chi connectivity index (χ0n) is 18.1. The number of pyridine rings is 2. The molecule has 168 valence electrons. The van der Waals surface area contributed by atoms with Gasteiger partial charge >= 0.3 is 11.8 Å². The molecule has 0 spiro atoms. The standard InChI is InChI=1S/C24H24N6O3/c1-17-5-4-7-22(28-17)30(25)16-15-27-23(32)24(33)29-20-10-8-18(9-11-20)21(31)13-12-19-6-2-3-14-26-19/h2-14H,15-16,25H2,1H3,(H,27,32)(H,29,33). The second kappa shape index (κ2) is 11.3. The van der Waals surface area contributed by atoms with Crippen LogP contribution in [-0.4, -0.2) is 40.7 Å². The van der Waals surface area contributed by atoms with Gasteiger partial charge in [0.25, 0.3) is 0 Å². The van der Waals surface area contributed by atoms with Crippen molar-refractivity contribution in [3.05, 3.63) is 89.9 Å². The Morgan fingerprint density at radius 2 is 1.79 bits per heavy atom. The Morgan fingerprint density at radius 3 is 2.48 bits per heavy atom. The molecule has 3 aromatic rings. The van der Waals surface area contributed by atoms with Crippen LogP contribution in [0.4, 0.5) is 11.5 Å². The molecule has 3 rings (SSSR count). The zero-order valence-corrected chi connectivity index (χ0v) is 18.1. The molecule has 0 aliphatic carbocycles. The molecule has 0 unspecified atom stereocenters. The summed E-state index contributed by atoms with van der Waals surface area (Å²) in [5, 5.41) is 6.40. The van der Waals surface area contributed by atoms with Crippen molar-refractivity contribution in [3.63, 3.8) is 0 Å². The third-order valence-corrected chi connectivity index (χ3v) is 4.53. The predicted molar refractivity (Wildman–Crippen MR) is 126 cm³/mol. The summed E-state index contributed by atoms with van der Waals surface area (Å²) in [6, 6.07) is 17.1. The number of benzene rings is 1. The SMILES string of the molecule is Cc1cccc(N(N)CCNC(=O)C(=O)Nc2ccc(C(=O)C=Cc3ccccn3)cc2)n1. The molecule has 0 bridgehead atoms. The summed E-state index contributed by atoms with van der Waals surface area (Å²) >= 11 is 0. The summed E-state index contributed by atoms with van der Waals surface area (Å²) in [6.45, 7) is 2.29. The highest BCUT2D eigenvalue weighted by molar-refractivity contribution is 6.39. The van der Waals surface area contributed by atoms with Crippen LogP contribution in [0.25, 0.3) is 6.08 Å². The Balaban J connectivity index is 1.46. The molecule has 1 aromatic carbocycles. The number of carbonyl (C=O) groups excluding carboxylic acids is 3. The Morgan fingerprint density at radius 1 is 1.00 bits per heavy atom. The number of hydrogen-bond acceptors (Lipinski definition) is 7. The van der Waals surface area contributed by atoms with Crippen LogP contribution in [0.15, 0.2) is 72.9 Å². The minimum absolute atomic E-state index is 0.161. The Labute approximate surface area is 191 Å². The zero-order chi connectivity index (χ0) is 23.6. The smallest absolute Gasteiger partial charge is 0.313 e. The fourth-order valence-corrected chi connectivity index (χ4v) is 2.81. The number of ketones is 1. The number of allylic oxidation sites excluding steroid dienone is 1. The highest BCUT2D eigenvalue weighted by Crippen LogP contribution is 2.11. The second-order valence-corrected chi connectivity index (χ2v) is 7.07. The van der Waals surface area contributed by atoms with Crippen molar-refractivity contribution in [3.8, 4) is 0 Å². The van der Waals surface area contributed by atoms with Crippen LogP contribution in [0.2, 0.25) is 0 Å². The summed E-state index contributed by atoms with van der Waals surface area (Å²) in [4.78, 5) is 44.8. The number of nitrogens with two attached hydrogens (primary N) is 1. The quantitative estimate of drug-likeness (QED) is 0.159. The molecule has 2 aromatic heterocycles. The monoisotopic (exact) mass is 444 g/mol. The van der Waals surface area contributed by atoms with Crippen LogP contribution in [-0.2, 0) is 9.59 Å². The molecular weight excluding hydrogens is 420 g/mol. The van der Waals surface area contributed by atoms with Crippen molar-refractivity contribution >= 4 is 35.2 Å². The molecule has 0 saturated heterocycles. The number of aromatic nitrogens is 2. The first-order valence-electron chi connectivity index (χ1n) is 10.2. The van der Waals surface area contributed by atoms with E-state index in [4.69, 9.17) is 5.84 Å². The largest absolute Gasteiger partial charge is 0.346 e. The lowest BCUT2D eigenvalue weighted by Crippen LogP contribution is -2.42. The molecule has 0 aliphatic heterocycles. The van der Waals surface area contributed by atoms with E-state index < -0.39 is 11.8 Å². The molecule has 2 amide bonds. The lowest BCUT2D eigenvalue weighted by Gasteiger charge is -2.18. The molecule has 2 heterocycles. The van der Waals surface area contributed by atoms with Gasteiger partial charge in [-0.3, -0.25) is 24.4 Å². The van der Waals surface area contributed by atoms with Crippen LogP contribution in [0, 0.1) is 6.92 Å². The highest BCUT2D eigenvalue weighted by atomic mass is 16.2. The first-order valence-corrected chi connectivity index (χ1v) is 10.2. The van der Waals surface area contributed by atoms with Gasteiger partial charge in [-0.1, -0.05) is 12.1 Å². The molecule has 0 aliphatic rings. The van der Waals surface area contributed by atoms with E-state index in [1.165, 1.54) is 11.1 Å². The highest BCUT2D eigenvalue weighted by Gasteiger charge is 2.14. The molecule has 0 fully saturated rings. The van der Waals surface area contributed by atoms with Crippen LogP contribution >= 0.6 is 0 Å². The van der Waals surface area contributed by atoms with Gasteiger partial charge in [-0.2, -0.15) is 0 Å². The fraction of sp³-hybridized carbons (Fsp3) is 0.125. The van der Waals surface area contributed by atoms with Crippen LogP contribution < -0.4 is 21.5 Å². The number of aryl methyl sites for hydroxylation is 1. The summed E-state index contributed by atoms with van der Waals surface area (Å²) in [5.74, 6) is 4.68. The normalized spacial score (nSPS) is 10.6. The number of hydrogen-bond donors (Lipinski definition) is 3. The summed E-state index contributed by atoms with van der Waals surface area (Å²) < 4.78 is 0. The van der Waals surface area contributed by atoms with E-state index in [2.05, 4.69) is 20.6 Å². The summed E-state index contributed by atoms with van der Waals surface area (Å²) in [7, 11) is 0. The predicted octanol–water partition coefficient (Wildman–Crippen LogP) is 2.12. The van der Waals surface area contributed by atoms with E-state index in [0.29, 0.717) is 22.8 Å². The van der Waals surface area contributed by atoms with Gasteiger partial charge in [0, 0.05) is 29.7 Å². The number of rotatable bonds is 8. The average Bonchev–Trinajstić information content (AvgIpc) is 2.83. The lowest BCUT2D eigenvalue weighted by atomic mass is 10.1. The van der Waals surface area contributed by atoms with Crippen molar-refractivity contribution in [2.75, 3.05) is 23.4 Å². The van der Waals surface area contributed by atoms with Crippen molar-refractivity contribution in [2.45, 2.75) is 6.92 Å². The maximum Gasteiger partial charge on any atom is 0.313 e. The first kappa shape index (κ1) is 23.3. The van der Waals surface area contributed by atoms with E-state index in [9.17, 15) is 14.4 Å². The van der Waals surface area contributed by atoms with Crippen molar-refractivity contribution in [1.82, 2.24) is 15.3 Å². The average molecular weight is 444 g/mol. The van der Waals surface area contributed by atoms with Gasteiger partial charge in [-0.25, -0.2) is 10.8 Å². The molecule has 4 N–H and O–H groups in total. The minimum atomic E-state index is -0.818. The molecule has 0 atom stereocenters.